The van der Waals surface area contributed by atoms with Gasteiger partial charge in [0.15, 0.2) is 0 Å². The highest BCUT2D eigenvalue weighted by atomic mass is 15.2. The van der Waals surface area contributed by atoms with Crippen molar-refractivity contribution in [3.05, 3.63) is 246 Å². The molecule has 4 aliphatic rings. The van der Waals surface area contributed by atoms with E-state index in [0.717, 1.165) is 28.4 Å². The predicted molar refractivity (Wildman–Crippen MR) is 236 cm³/mol. The van der Waals surface area contributed by atoms with Crippen molar-refractivity contribution in [2.45, 2.75) is 0 Å². The van der Waals surface area contributed by atoms with Gasteiger partial charge in [0.2, 0.25) is 0 Å². The summed E-state index contributed by atoms with van der Waals surface area (Å²) in [6.45, 7) is 0. The number of nitrogens with zero attached hydrogens (tertiary/aromatic N) is 2. The Morgan fingerprint density at radius 3 is 1.73 bits per heavy atom. The minimum atomic E-state index is 0.309. The molecule has 2 heteroatoms. The molecule has 7 aromatic carbocycles. The first-order valence-corrected chi connectivity index (χ1v) is 19.5. The van der Waals surface area contributed by atoms with Crippen LogP contribution < -0.4 is 9.80 Å². The molecule has 2 nitrogen and oxygen atoms in total. The molecule has 264 valence electrons. The van der Waals surface area contributed by atoms with E-state index in [1.165, 1.54) is 60.7 Å². The number of allylic oxidation sites excluding steroid dienone is 13. The summed E-state index contributed by atoms with van der Waals surface area (Å²) in [6, 6.07) is 59.5. The topological polar surface area (TPSA) is 6.48 Å². The minimum Gasteiger partial charge on any atom is -0.310 e. The van der Waals surface area contributed by atoms with E-state index in [2.05, 4.69) is 228 Å². The average molecular weight is 715 g/mol. The molecule has 2 unspecified atom stereocenters. The quantitative estimate of drug-likeness (QED) is 0.162. The third-order valence-corrected chi connectivity index (χ3v) is 11.8. The smallest absolute Gasteiger partial charge is 0.0540 e. The highest BCUT2D eigenvalue weighted by Gasteiger charge is 2.40. The standard InChI is InChI=1S/C54H38N2/c1-2-18-45(19-3-1)55(52-36-44-17-8-15-41-23-24-42-16-9-21-50(52)54(42)53(41)44)46-30-25-38(26-31-46)39-27-32-47(33-28-39)56(48-34-29-37-11-4-5-13-43(37)35-48)51-22-10-14-40-12-6-7-20-49(40)51/h1-36,53-54H. The van der Waals surface area contributed by atoms with Crippen molar-refractivity contribution in [1.82, 2.24) is 0 Å². The Balaban J connectivity index is 0.973. The number of benzene rings is 7. The molecule has 0 radical (unpaired) electrons. The number of rotatable bonds is 7. The molecule has 0 fully saturated rings. The molecular weight excluding hydrogens is 677 g/mol. The third kappa shape index (κ3) is 5.41. The predicted octanol–water partition coefficient (Wildman–Crippen LogP) is 14.3. The van der Waals surface area contributed by atoms with Crippen LogP contribution in [0.4, 0.5) is 28.4 Å². The summed E-state index contributed by atoms with van der Waals surface area (Å²) in [5.74, 6) is 0.670. The summed E-state index contributed by atoms with van der Waals surface area (Å²) in [4.78, 5) is 4.83. The second-order valence-corrected chi connectivity index (χ2v) is 15.0. The van der Waals surface area contributed by atoms with Crippen molar-refractivity contribution in [2.24, 2.45) is 11.8 Å². The molecule has 0 saturated carbocycles. The number of fused-ring (bicyclic) bond motifs is 2. The van der Waals surface area contributed by atoms with Crippen LogP contribution in [-0.2, 0) is 0 Å². The molecule has 11 rings (SSSR count). The van der Waals surface area contributed by atoms with Crippen molar-refractivity contribution < 1.29 is 0 Å². The largest absolute Gasteiger partial charge is 0.310 e. The van der Waals surface area contributed by atoms with Crippen LogP contribution in [0.5, 0.6) is 0 Å². The van der Waals surface area contributed by atoms with Gasteiger partial charge in [-0.3, -0.25) is 0 Å². The van der Waals surface area contributed by atoms with Gasteiger partial charge in [-0.1, -0.05) is 158 Å². The van der Waals surface area contributed by atoms with Crippen molar-refractivity contribution >= 4 is 50.0 Å². The molecular formula is C54H38N2. The fourth-order valence-electron chi connectivity index (χ4n) is 9.16. The maximum absolute atomic E-state index is 2.44. The fraction of sp³-hybridized carbons (Fsp3) is 0.0370. The molecule has 0 spiro atoms. The van der Waals surface area contributed by atoms with Crippen molar-refractivity contribution in [3.63, 3.8) is 0 Å². The van der Waals surface area contributed by atoms with E-state index in [1.54, 1.807) is 0 Å². The van der Waals surface area contributed by atoms with Gasteiger partial charge in [-0.25, -0.2) is 0 Å². The maximum Gasteiger partial charge on any atom is 0.0540 e. The second kappa shape index (κ2) is 13.3. The summed E-state index contributed by atoms with van der Waals surface area (Å²) < 4.78 is 0. The van der Waals surface area contributed by atoms with Crippen molar-refractivity contribution in [2.75, 3.05) is 9.80 Å². The second-order valence-electron chi connectivity index (χ2n) is 15.0. The van der Waals surface area contributed by atoms with E-state index in [1.807, 2.05) is 0 Å². The van der Waals surface area contributed by atoms with Gasteiger partial charge >= 0.3 is 0 Å². The summed E-state index contributed by atoms with van der Waals surface area (Å²) in [7, 11) is 0. The molecule has 4 aliphatic carbocycles. The lowest BCUT2D eigenvalue weighted by molar-refractivity contribution is 0.557. The van der Waals surface area contributed by atoms with E-state index >= 15 is 0 Å². The van der Waals surface area contributed by atoms with Crippen molar-refractivity contribution in [1.29, 1.82) is 0 Å². The van der Waals surface area contributed by atoms with Gasteiger partial charge in [0.1, 0.15) is 0 Å². The normalized spacial score (nSPS) is 17.7. The number of para-hydroxylation sites is 1. The molecule has 0 saturated heterocycles. The number of anilines is 5. The SMILES string of the molecule is C1=CC2=CC(N(c3ccccc3)c3ccc(-c4ccc(N(c5ccc6ccccc6c5)c5cccc6ccccc56)cc4)cc3)=C3C=CC=C4C=CC(=C1)C2C43. The first-order valence-electron chi connectivity index (χ1n) is 19.5. The van der Waals surface area contributed by atoms with Crippen LogP contribution in [0.1, 0.15) is 0 Å². The molecule has 0 amide bonds. The summed E-state index contributed by atoms with van der Waals surface area (Å²) in [5.41, 5.74) is 14.8. The zero-order valence-electron chi connectivity index (χ0n) is 30.8. The lowest BCUT2D eigenvalue weighted by atomic mass is 9.64. The Morgan fingerprint density at radius 2 is 0.964 bits per heavy atom. The van der Waals surface area contributed by atoms with Crippen LogP contribution in [0.25, 0.3) is 32.7 Å². The first-order chi connectivity index (χ1) is 27.8. The molecule has 0 bridgehead atoms. The Kier molecular flexibility index (Phi) is 7.67. The van der Waals surface area contributed by atoms with Gasteiger partial charge in [-0.15, -0.1) is 0 Å². The highest BCUT2D eigenvalue weighted by Crippen LogP contribution is 2.51. The first kappa shape index (κ1) is 32.3. The van der Waals surface area contributed by atoms with Crippen molar-refractivity contribution in [3.8, 4) is 11.1 Å². The van der Waals surface area contributed by atoms with Gasteiger partial charge in [0.25, 0.3) is 0 Å². The molecule has 2 atom stereocenters. The minimum absolute atomic E-state index is 0.309. The summed E-state index contributed by atoms with van der Waals surface area (Å²) in [5, 5.41) is 4.90. The van der Waals surface area contributed by atoms with Crippen LogP contribution in [0.3, 0.4) is 0 Å². The molecule has 7 aromatic rings. The number of hydrogen-bond acceptors (Lipinski definition) is 2. The Bertz CT molecular complexity index is 2890. The van der Waals surface area contributed by atoms with E-state index in [0.29, 0.717) is 11.8 Å². The van der Waals surface area contributed by atoms with E-state index in [9.17, 15) is 0 Å². The molecule has 0 aromatic heterocycles. The van der Waals surface area contributed by atoms with Crippen LogP contribution in [0.2, 0.25) is 0 Å². The van der Waals surface area contributed by atoms with Gasteiger partial charge in [-0.2, -0.15) is 0 Å². The molecule has 56 heavy (non-hydrogen) atoms. The van der Waals surface area contributed by atoms with Gasteiger partial charge in [0, 0.05) is 40.0 Å². The Hall–Kier alpha value is -7.16. The highest BCUT2D eigenvalue weighted by molar-refractivity contribution is 6.00. The van der Waals surface area contributed by atoms with Crippen LogP contribution in [0.15, 0.2) is 246 Å². The summed E-state index contributed by atoms with van der Waals surface area (Å²) >= 11 is 0. The van der Waals surface area contributed by atoms with Gasteiger partial charge < -0.3 is 9.80 Å². The zero-order valence-corrected chi connectivity index (χ0v) is 30.8. The Morgan fingerprint density at radius 1 is 0.375 bits per heavy atom. The zero-order chi connectivity index (χ0) is 37.0. The van der Waals surface area contributed by atoms with Gasteiger partial charge in [-0.05, 0) is 110 Å². The average Bonchev–Trinajstić information content (AvgIpc) is 3.27. The van der Waals surface area contributed by atoms with Gasteiger partial charge in [0.05, 0.1) is 11.4 Å². The van der Waals surface area contributed by atoms with Crippen LogP contribution in [-0.4, -0.2) is 0 Å². The molecule has 0 N–H and O–H groups in total. The number of hydrogen-bond donors (Lipinski definition) is 0. The lowest BCUT2D eigenvalue weighted by Crippen LogP contribution is -2.32. The van der Waals surface area contributed by atoms with E-state index in [-0.39, 0.29) is 0 Å². The molecule has 0 heterocycles. The Labute approximate surface area is 328 Å². The lowest BCUT2D eigenvalue weighted by Gasteiger charge is -2.43. The third-order valence-electron chi connectivity index (χ3n) is 11.8. The maximum atomic E-state index is 2.44. The van der Waals surface area contributed by atoms with E-state index < -0.39 is 0 Å². The monoisotopic (exact) mass is 714 g/mol. The van der Waals surface area contributed by atoms with E-state index in [4.69, 9.17) is 0 Å². The summed E-state index contributed by atoms with van der Waals surface area (Å²) in [6.07, 6.45) is 20.7. The fourth-order valence-corrected chi connectivity index (χ4v) is 9.16. The van der Waals surface area contributed by atoms with Crippen LogP contribution in [0, 0.1) is 11.8 Å². The van der Waals surface area contributed by atoms with Crippen LogP contribution >= 0.6 is 0 Å². The molecule has 0 aliphatic heterocycles.